The average Bonchev–Trinajstić information content (AvgIpc) is 2.97. The van der Waals surface area contributed by atoms with Gasteiger partial charge in [0.25, 0.3) is 17.4 Å². The Kier molecular flexibility index (Phi) is 5.40. The number of nitrogens with zero attached hydrogens (tertiary/aromatic N) is 2. The van der Waals surface area contributed by atoms with Crippen molar-refractivity contribution in [3.05, 3.63) is 81.4 Å². The number of amides is 1. The van der Waals surface area contributed by atoms with Gasteiger partial charge in [0, 0.05) is 36.6 Å². The van der Waals surface area contributed by atoms with Crippen molar-refractivity contribution in [2.45, 2.75) is 12.5 Å². The lowest BCUT2D eigenvalue weighted by atomic mass is 9.95. The van der Waals surface area contributed by atoms with E-state index in [1.807, 2.05) is 0 Å². The monoisotopic (exact) mass is 395 g/mol. The second-order valence-corrected chi connectivity index (χ2v) is 6.33. The van der Waals surface area contributed by atoms with Crippen LogP contribution in [0.1, 0.15) is 23.6 Å². The number of hydrogen-bond donors (Lipinski definition) is 1. The SMILES string of the molecule is O=C([O-])CCN1C(=O)C(=O)C(=C(O)c2ccccc2)[C@H]1c1ccc([N+](=O)[O-])cc1. The van der Waals surface area contributed by atoms with E-state index in [1.54, 1.807) is 30.3 Å². The first-order valence-corrected chi connectivity index (χ1v) is 8.59. The van der Waals surface area contributed by atoms with E-state index in [9.17, 15) is 34.7 Å². The molecule has 0 bridgehead atoms. The Morgan fingerprint density at radius 2 is 1.69 bits per heavy atom. The molecule has 2 aromatic rings. The number of aliphatic carboxylic acids is 1. The first kappa shape index (κ1) is 19.7. The van der Waals surface area contributed by atoms with Gasteiger partial charge in [-0.25, -0.2) is 0 Å². The van der Waals surface area contributed by atoms with Gasteiger partial charge < -0.3 is 19.9 Å². The minimum Gasteiger partial charge on any atom is -0.550 e. The third-order valence-electron chi connectivity index (χ3n) is 4.56. The van der Waals surface area contributed by atoms with E-state index >= 15 is 0 Å². The number of aliphatic hydroxyl groups excluding tert-OH is 1. The Morgan fingerprint density at radius 3 is 2.24 bits per heavy atom. The molecule has 0 radical (unpaired) electrons. The Hall–Kier alpha value is -4.01. The standard InChI is InChI=1S/C20H16N2O7/c23-15(24)10-11-21-17(12-6-8-14(9-7-12)22(28)29)16(19(26)20(21)27)18(25)13-4-2-1-3-5-13/h1-9,17,25H,10-11H2,(H,23,24)/p-1/t17-/m1/s1. The average molecular weight is 395 g/mol. The van der Waals surface area contributed by atoms with Gasteiger partial charge in [0.1, 0.15) is 5.76 Å². The van der Waals surface area contributed by atoms with Gasteiger partial charge in [0.15, 0.2) is 0 Å². The highest BCUT2D eigenvalue weighted by molar-refractivity contribution is 6.46. The normalized spacial score (nSPS) is 18.1. The van der Waals surface area contributed by atoms with Crippen molar-refractivity contribution in [2.24, 2.45) is 0 Å². The predicted octanol–water partition coefficient (Wildman–Crippen LogP) is 1.16. The third kappa shape index (κ3) is 3.84. The summed E-state index contributed by atoms with van der Waals surface area (Å²) in [5, 5.41) is 32.5. The number of benzene rings is 2. The number of hydrogen-bond acceptors (Lipinski definition) is 7. The molecule has 1 fully saturated rings. The molecular formula is C20H15N2O7-. The smallest absolute Gasteiger partial charge is 0.295 e. The zero-order valence-electron chi connectivity index (χ0n) is 15.0. The number of nitro groups is 1. The summed E-state index contributed by atoms with van der Waals surface area (Å²) in [5.74, 6) is -3.75. The van der Waals surface area contributed by atoms with Crippen LogP contribution < -0.4 is 5.11 Å². The van der Waals surface area contributed by atoms with Gasteiger partial charge in [-0.3, -0.25) is 19.7 Å². The van der Waals surface area contributed by atoms with Crippen molar-refractivity contribution < 1.29 is 29.5 Å². The number of likely N-dealkylation sites (tertiary alicyclic amines) is 1. The van der Waals surface area contributed by atoms with Gasteiger partial charge in [-0.15, -0.1) is 0 Å². The van der Waals surface area contributed by atoms with Crippen molar-refractivity contribution in [3.8, 4) is 0 Å². The summed E-state index contributed by atoms with van der Waals surface area (Å²) >= 11 is 0. The molecular weight excluding hydrogens is 380 g/mol. The number of carbonyl (C=O) groups is 3. The fourth-order valence-corrected chi connectivity index (χ4v) is 3.20. The lowest BCUT2D eigenvalue weighted by Gasteiger charge is -2.25. The largest absolute Gasteiger partial charge is 0.550 e. The highest BCUT2D eigenvalue weighted by Gasteiger charge is 2.45. The van der Waals surface area contributed by atoms with Crippen molar-refractivity contribution in [1.82, 2.24) is 4.90 Å². The molecule has 148 valence electrons. The van der Waals surface area contributed by atoms with Crippen LogP contribution in [0.4, 0.5) is 5.69 Å². The third-order valence-corrected chi connectivity index (χ3v) is 4.56. The maximum absolute atomic E-state index is 12.7. The molecule has 1 atom stereocenters. The van der Waals surface area contributed by atoms with Crippen LogP contribution in [0, 0.1) is 10.1 Å². The predicted molar refractivity (Wildman–Crippen MR) is 98.2 cm³/mol. The fraction of sp³-hybridized carbons (Fsp3) is 0.150. The minimum atomic E-state index is -1.41. The molecule has 9 nitrogen and oxygen atoms in total. The number of aliphatic hydroxyl groups is 1. The molecule has 0 spiro atoms. The van der Waals surface area contributed by atoms with Gasteiger partial charge in [-0.1, -0.05) is 30.3 Å². The van der Waals surface area contributed by atoms with Crippen LogP contribution in [0.5, 0.6) is 0 Å². The number of ketones is 1. The molecule has 1 saturated heterocycles. The van der Waals surface area contributed by atoms with Gasteiger partial charge in [0.2, 0.25) is 0 Å². The number of Topliss-reactive ketones (excluding diaryl/α,β-unsaturated/α-hetero) is 1. The van der Waals surface area contributed by atoms with Gasteiger partial charge >= 0.3 is 0 Å². The molecule has 0 aliphatic carbocycles. The molecule has 1 aliphatic rings. The lowest BCUT2D eigenvalue weighted by molar-refractivity contribution is -0.384. The maximum atomic E-state index is 12.7. The van der Waals surface area contributed by atoms with E-state index in [0.717, 1.165) is 4.90 Å². The summed E-state index contributed by atoms with van der Waals surface area (Å²) in [6.45, 7) is -0.319. The number of carboxylic acid groups (broad SMARTS) is 1. The van der Waals surface area contributed by atoms with Crippen molar-refractivity contribution in [3.63, 3.8) is 0 Å². The highest BCUT2D eigenvalue weighted by Crippen LogP contribution is 2.39. The van der Waals surface area contributed by atoms with Crippen LogP contribution in [-0.4, -0.2) is 39.1 Å². The number of non-ortho nitro benzene ring substituents is 1. The summed E-state index contributed by atoms with van der Waals surface area (Å²) in [7, 11) is 0. The molecule has 1 heterocycles. The van der Waals surface area contributed by atoms with Crippen LogP contribution in [0.15, 0.2) is 60.2 Å². The summed E-state index contributed by atoms with van der Waals surface area (Å²) in [5.41, 5.74) is 0.222. The first-order chi connectivity index (χ1) is 13.8. The molecule has 0 unspecified atom stereocenters. The molecule has 2 aromatic carbocycles. The molecule has 3 rings (SSSR count). The van der Waals surface area contributed by atoms with E-state index in [0.29, 0.717) is 11.1 Å². The van der Waals surface area contributed by atoms with Gasteiger partial charge in [-0.05, 0) is 17.7 Å². The molecule has 0 saturated carbocycles. The van der Waals surface area contributed by atoms with E-state index in [-0.39, 0.29) is 17.8 Å². The number of carboxylic acids is 1. The lowest BCUT2D eigenvalue weighted by Crippen LogP contribution is -2.34. The Morgan fingerprint density at radius 1 is 1.07 bits per heavy atom. The Labute approximate surface area is 164 Å². The quantitative estimate of drug-likeness (QED) is 0.254. The van der Waals surface area contributed by atoms with E-state index < -0.39 is 40.8 Å². The number of carbonyl (C=O) groups excluding carboxylic acids is 3. The van der Waals surface area contributed by atoms with E-state index in [2.05, 4.69) is 0 Å². The van der Waals surface area contributed by atoms with Crippen molar-refractivity contribution >= 4 is 29.1 Å². The fourth-order valence-electron chi connectivity index (χ4n) is 3.20. The first-order valence-electron chi connectivity index (χ1n) is 8.59. The molecule has 29 heavy (non-hydrogen) atoms. The highest BCUT2D eigenvalue weighted by atomic mass is 16.6. The van der Waals surface area contributed by atoms with Crippen LogP contribution >= 0.6 is 0 Å². The van der Waals surface area contributed by atoms with Gasteiger partial charge in [-0.2, -0.15) is 0 Å². The summed E-state index contributed by atoms with van der Waals surface area (Å²) < 4.78 is 0. The summed E-state index contributed by atoms with van der Waals surface area (Å²) in [4.78, 5) is 47.4. The van der Waals surface area contributed by atoms with Crippen molar-refractivity contribution in [1.29, 1.82) is 0 Å². The Balaban J connectivity index is 2.14. The molecule has 1 aliphatic heterocycles. The second-order valence-electron chi connectivity index (χ2n) is 6.33. The van der Waals surface area contributed by atoms with E-state index in [1.165, 1.54) is 24.3 Å². The van der Waals surface area contributed by atoms with Crippen molar-refractivity contribution in [2.75, 3.05) is 6.54 Å². The summed E-state index contributed by atoms with van der Waals surface area (Å²) in [6.07, 6.45) is -0.512. The zero-order chi connectivity index (χ0) is 21.1. The van der Waals surface area contributed by atoms with Crippen LogP contribution in [0.2, 0.25) is 0 Å². The molecule has 1 N–H and O–H groups in total. The number of rotatable bonds is 6. The minimum absolute atomic E-state index is 0.191. The number of nitro benzene ring substituents is 1. The molecule has 0 aromatic heterocycles. The Bertz CT molecular complexity index is 1010. The zero-order valence-corrected chi connectivity index (χ0v) is 15.0. The van der Waals surface area contributed by atoms with E-state index in [4.69, 9.17) is 0 Å². The van der Waals surface area contributed by atoms with Crippen LogP contribution in [0.25, 0.3) is 5.76 Å². The topological polar surface area (TPSA) is 141 Å². The summed E-state index contributed by atoms with van der Waals surface area (Å²) in [6, 6.07) is 12.1. The van der Waals surface area contributed by atoms with Gasteiger partial charge in [0.05, 0.1) is 16.5 Å². The molecule has 9 heteroatoms. The maximum Gasteiger partial charge on any atom is 0.295 e. The molecule has 1 amide bonds. The van der Waals surface area contributed by atoms with Crippen LogP contribution in [-0.2, 0) is 14.4 Å². The van der Waals surface area contributed by atoms with Crippen LogP contribution in [0.3, 0.4) is 0 Å². The second kappa shape index (κ2) is 7.93.